The molecule has 1 saturated heterocycles. The number of amides is 3. The molecule has 21 heavy (non-hydrogen) atoms. The van der Waals surface area contributed by atoms with Gasteiger partial charge in [0.25, 0.3) is 5.91 Å². The van der Waals surface area contributed by atoms with Crippen LogP contribution >= 0.6 is 27.3 Å². The van der Waals surface area contributed by atoms with Crippen molar-refractivity contribution in [3.05, 3.63) is 62.4 Å². The minimum atomic E-state index is -0.384. The maximum Gasteiger partial charge on any atom is 0.329 e. The molecule has 2 heterocycles. The quantitative estimate of drug-likeness (QED) is 0.669. The van der Waals surface area contributed by atoms with Gasteiger partial charge in [0.15, 0.2) is 0 Å². The third-order valence-electron chi connectivity index (χ3n) is 3.02. The lowest BCUT2D eigenvalue weighted by Gasteiger charge is -2.11. The number of carbonyl (C=O) groups excluding carboxylic acids is 2. The Morgan fingerprint density at radius 3 is 2.67 bits per heavy atom. The Hall–Kier alpha value is -1.92. The maximum absolute atomic E-state index is 12.3. The van der Waals surface area contributed by atoms with E-state index in [1.807, 2.05) is 41.8 Å². The molecule has 106 valence electrons. The Balaban J connectivity index is 1.81. The largest absolute Gasteiger partial charge is 0.329 e. The van der Waals surface area contributed by atoms with Crippen LogP contribution in [-0.4, -0.2) is 16.8 Å². The summed E-state index contributed by atoms with van der Waals surface area (Å²) in [6.07, 6.45) is 1.70. The number of nitrogens with one attached hydrogen (secondary N) is 1. The van der Waals surface area contributed by atoms with Crippen LogP contribution in [0.15, 0.2) is 51.9 Å². The molecular formula is C15H11BrN2O2S. The Morgan fingerprint density at radius 2 is 2.00 bits per heavy atom. The smallest absolute Gasteiger partial charge is 0.303 e. The molecule has 1 N–H and O–H groups in total. The molecule has 2 aromatic rings. The standard InChI is InChI=1S/C15H11BrN2O2S/c16-11-6-12(21-9-11)7-13-14(19)18(15(20)17-13)8-10-4-2-1-3-5-10/h1-7,9H,8H2,(H,17,20)/b13-7+. The summed E-state index contributed by atoms with van der Waals surface area (Å²) in [5.41, 5.74) is 1.23. The highest BCUT2D eigenvalue weighted by Gasteiger charge is 2.33. The second-order valence-electron chi connectivity index (χ2n) is 4.53. The topological polar surface area (TPSA) is 49.4 Å². The number of hydrogen-bond acceptors (Lipinski definition) is 3. The predicted molar refractivity (Wildman–Crippen MR) is 85.5 cm³/mol. The number of urea groups is 1. The summed E-state index contributed by atoms with van der Waals surface area (Å²) in [6.45, 7) is 0.275. The number of thiophene rings is 1. The highest BCUT2D eigenvalue weighted by atomic mass is 79.9. The molecule has 1 aromatic heterocycles. The third kappa shape index (κ3) is 3.06. The van der Waals surface area contributed by atoms with Crippen LogP contribution in [-0.2, 0) is 11.3 Å². The van der Waals surface area contributed by atoms with E-state index in [0.29, 0.717) is 5.70 Å². The first kappa shape index (κ1) is 14.0. The van der Waals surface area contributed by atoms with Crippen LogP contribution in [0.25, 0.3) is 6.08 Å². The van der Waals surface area contributed by atoms with E-state index in [0.717, 1.165) is 14.9 Å². The van der Waals surface area contributed by atoms with Crippen molar-refractivity contribution >= 4 is 45.3 Å². The lowest BCUT2D eigenvalue weighted by Crippen LogP contribution is -2.30. The van der Waals surface area contributed by atoms with Crippen LogP contribution in [0.2, 0.25) is 0 Å². The van der Waals surface area contributed by atoms with Crippen LogP contribution in [0.3, 0.4) is 0 Å². The van der Waals surface area contributed by atoms with Gasteiger partial charge in [0.1, 0.15) is 5.70 Å². The van der Waals surface area contributed by atoms with E-state index in [9.17, 15) is 9.59 Å². The van der Waals surface area contributed by atoms with Crippen molar-refractivity contribution in [3.8, 4) is 0 Å². The van der Waals surface area contributed by atoms with Gasteiger partial charge in [0, 0.05) is 14.7 Å². The van der Waals surface area contributed by atoms with Crippen molar-refractivity contribution in [2.75, 3.05) is 0 Å². The number of halogens is 1. The van der Waals surface area contributed by atoms with E-state index in [-0.39, 0.29) is 18.5 Å². The van der Waals surface area contributed by atoms with E-state index in [1.54, 1.807) is 6.08 Å². The molecule has 6 heteroatoms. The molecule has 0 spiro atoms. The summed E-state index contributed by atoms with van der Waals surface area (Å²) in [5, 5.41) is 4.55. The average Bonchev–Trinajstić information content (AvgIpc) is 2.99. The highest BCUT2D eigenvalue weighted by Crippen LogP contribution is 2.23. The minimum Gasteiger partial charge on any atom is -0.303 e. The van der Waals surface area contributed by atoms with Crippen LogP contribution in [0.4, 0.5) is 4.79 Å². The Labute approximate surface area is 134 Å². The number of benzene rings is 1. The molecule has 1 aliphatic heterocycles. The molecule has 3 rings (SSSR count). The van der Waals surface area contributed by atoms with Crippen LogP contribution in [0.1, 0.15) is 10.4 Å². The molecule has 1 fully saturated rings. The van der Waals surface area contributed by atoms with Crippen LogP contribution in [0, 0.1) is 0 Å². The Morgan fingerprint density at radius 1 is 1.24 bits per heavy atom. The zero-order valence-electron chi connectivity index (χ0n) is 10.9. The van der Waals surface area contributed by atoms with E-state index < -0.39 is 0 Å². The second kappa shape index (κ2) is 5.83. The molecule has 1 aromatic carbocycles. The minimum absolute atomic E-state index is 0.275. The lowest BCUT2D eigenvalue weighted by molar-refractivity contribution is -0.123. The molecule has 0 saturated carbocycles. The molecule has 0 bridgehead atoms. The van der Waals surface area contributed by atoms with Gasteiger partial charge in [-0.3, -0.25) is 9.69 Å². The number of nitrogens with zero attached hydrogens (tertiary/aromatic N) is 1. The van der Waals surface area contributed by atoms with Crippen molar-refractivity contribution in [2.45, 2.75) is 6.54 Å². The van der Waals surface area contributed by atoms with Crippen LogP contribution < -0.4 is 5.32 Å². The molecule has 4 nitrogen and oxygen atoms in total. The van der Waals surface area contributed by atoms with Crippen molar-refractivity contribution in [3.63, 3.8) is 0 Å². The Kier molecular flexibility index (Phi) is 3.90. The van der Waals surface area contributed by atoms with Gasteiger partial charge < -0.3 is 5.32 Å². The third-order valence-corrected chi connectivity index (χ3v) is 4.66. The molecule has 3 amide bonds. The molecule has 0 unspecified atom stereocenters. The van der Waals surface area contributed by atoms with E-state index in [4.69, 9.17) is 0 Å². The number of hydrogen-bond donors (Lipinski definition) is 1. The van der Waals surface area contributed by atoms with Crippen molar-refractivity contribution in [1.82, 2.24) is 10.2 Å². The first-order valence-electron chi connectivity index (χ1n) is 6.26. The monoisotopic (exact) mass is 362 g/mol. The zero-order chi connectivity index (χ0) is 14.8. The SMILES string of the molecule is O=C1N/C(=C/c2cc(Br)cs2)C(=O)N1Cc1ccccc1. The van der Waals surface area contributed by atoms with Gasteiger partial charge in [-0.05, 0) is 33.6 Å². The lowest BCUT2D eigenvalue weighted by atomic mass is 10.2. The van der Waals surface area contributed by atoms with Crippen molar-refractivity contribution in [2.24, 2.45) is 0 Å². The molecule has 0 aliphatic carbocycles. The Bertz CT molecular complexity index is 724. The van der Waals surface area contributed by atoms with Gasteiger partial charge in [-0.15, -0.1) is 11.3 Å². The van der Waals surface area contributed by atoms with Crippen molar-refractivity contribution in [1.29, 1.82) is 0 Å². The predicted octanol–water partition coefficient (Wildman–Crippen LogP) is 3.60. The fraction of sp³-hybridized carbons (Fsp3) is 0.0667. The number of carbonyl (C=O) groups is 2. The fourth-order valence-corrected chi connectivity index (χ4v) is 3.40. The summed E-state index contributed by atoms with van der Waals surface area (Å²) in [6, 6.07) is 11.0. The summed E-state index contributed by atoms with van der Waals surface area (Å²) in [7, 11) is 0. The first-order chi connectivity index (χ1) is 10.1. The number of rotatable bonds is 3. The molecular weight excluding hydrogens is 352 g/mol. The summed E-state index contributed by atoms with van der Waals surface area (Å²) in [5.74, 6) is -0.298. The van der Waals surface area contributed by atoms with Gasteiger partial charge in [0.2, 0.25) is 0 Å². The maximum atomic E-state index is 12.3. The van der Waals surface area contributed by atoms with Crippen LogP contribution in [0.5, 0.6) is 0 Å². The molecule has 0 atom stereocenters. The number of imide groups is 1. The van der Waals surface area contributed by atoms with E-state index in [1.165, 1.54) is 16.2 Å². The van der Waals surface area contributed by atoms with Gasteiger partial charge in [-0.2, -0.15) is 0 Å². The first-order valence-corrected chi connectivity index (χ1v) is 7.93. The normalized spacial score (nSPS) is 16.6. The average molecular weight is 363 g/mol. The highest BCUT2D eigenvalue weighted by molar-refractivity contribution is 9.10. The van der Waals surface area contributed by atoms with E-state index in [2.05, 4.69) is 21.2 Å². The second-order valence-corrected chi connectivity index (χ2v) is 6.39. The van der Waals surface area contributed by atoms with Gasteiger partial charge in [-0.1, -0.05) is 30.3 Å². The van der Waals surface area contributed by atoms with Crippen molar-refractivity contribution < 1.29 is 9.59 Å². The van der Waals surface area contributed by atoms with E-state index >= 15 is 0 Å². The van der Waals surface area contributed by atoms with Gasteiger partial charge >= 0.3 is 6.03 Å². The molecule has 1 aliphatic rings. The van der Waals surface area contributed by atoms with Gasteiger partial charge in [0.05, 0.1) is 6.54 Å². The fourth-order valence-electron chi connectivity index (χ4n) is 2.03. The molecule has 0 radical (unpaired) electrons. The summed E-state index contributed by atoms with van der Waals surface area (Å²) in [4.78, 5) is 26.4. The zero-order valence-corrected chi connectivity index (χ0v) is 13.3. The summed E-state index contributed by atoms with van der Waals surface area (Å²) < 4.78 is 0.956. The van der Waals surface area contributed by atoms with Gasteiger partial charge in [-0.25, -0.2) is 4.79 Å². The summed E-state index contributed by atoms with van der Waals surface area (Å²) >= 11 is 4.86.